The molecule has 13 aliphatic rings. The summed E-state index contributed by atoms with van der Waals surface area (Å²) in [7, 11) is -34.1. The van der Waals surface area contributed by atoms with Crippen LogP contribution in [0.15, 0.2) is 121 Å². The van der Waals surface area contributed by atoms with Crippen molar-refractivity contribution in [2.45, 2.75) is 226 Å². The summed E-state index contributed by atoms with van der Waals surface area (Å²) >= 11 is 0. The lowest BCUT2D eigenvalue weighted by Crippen LogP contribution is -2.90. The van der Waals surface area contributed by atoms with E-state index in [-0.39, 0.29) is 33.2 Å². The van der Waals surface area contributed by atoms with E-state index in [9.17, 15) is 0 Å². The topological polar surface area (TPSA) is 102 Å². The van der Waals surface area contributed by atoms with Crippen LogP contribution in [0.25, 0.3) is 0 Å². The molecule has 4 aromatic carbocycles. The van der Waals surface area contributed by atoms with E-state index in [1.54, 1.807) is 0 Å². The van der Waals surface area contributed by atoms with Gasteiger partial charge in [-0.05, 0) is 97.8 Å². The highest BCUT2D eigenvalue weighted by Gasteiger charge is 2.85. The minimum atomic E-state index is -4.38. The van der Waals surface area contributed by atoms with Gasteiger partial charge in [0, 0.05) is 33.2 Å². The third-order valence-corrected chi connectivity index (χ3v) is 59.3. The number of rotatable bonds is 10. The van der Waals surface area contributed by atoms with E-state index in [0.29, 0.717) is 0 Å². The first-order valence-corrected chi connectivity index (χ1v) is 46.2. The van der Waals surface area contributed by atoms with Gasteiger partial charge in [-0.1, -0.05) is 237 Å². The summed E-state index contributed by atoms with van der Waals surface area (Å²) in [6.07, 6.45) is 30.9. The first-order valence-electron chi connectivity index (χ1n) is 31.8. The predicted molar refractivity (Wildman–Crippen MR) is 323 cm³/mol. The quantitative estimate of drug-likeness (QED) is 0.142. The van der Waals surface area contributed by atoms with Crippen molar-refractivity contribution in [2.75, 3.05) is 0 Å². The third-order valence-electron chi connectivity index (χ3n) is 20.4. The maximum Gasteiger partial charge on any atom is 0.482 e. The summed E-state index contributed by atoms with van der Waals surface area (Å²) in [4.78, 5) is 0. The molecule has 0 amide bonds. The Kier molecular flexibility index (Phi) is 15.9. The van der Waals surface area contributed by atoms with Crippen LogP contribution in [0.4, 0.5) is 0 Å². The lowest BCUT2D eigenvalue weighted by atomic mass is 10.0. The molecule has 6 saturated carbocycles. The summed E-state index contributed by atoms with van der Waals surface area (Å²) in [5.74, 6) is 0. The largest absolute Gasteiger partial charge is 0.482 e. The maximum atomic E-state index is 9.11. The molecular formula is C60H86O11Si8. The molecule has 6 bridgehead atoms. The fourth-order valence-corrected chi connectivity index (χ4v) is 70.3. The van der Waals surface area contributed by atoms with Crippen LogP contribution < -0.4 is 20.7 Å². The number of hydrogen-bond acceptors (Lipinski definition) is 11. The van der Waals surface area contributed by atoms with Crippen molar-refractivity contribution in [2.24, 2.45) is 0 Å². The predicted octanol–water partition coefficient (Wildman–Crippen LogP) is 13.4. The van der Waals surface area contributed by atoms with E-state index < -0.39 is 69.9 Å². The summed E-state index contributed by atoms with van der Waals surface area (Å²) in [5, 5.41) is 4.12. The lowest BCUT2D eigenvalue weighted by Gasteiger charge is -2.65. The van der Waals surface area contributed by atoms with Crippen LogP contribution in [0, 0.1) is 0 Å². The van der Waals surface area contributed by atoms with Crippen LogP contribution in [-0.4, -0.2) is 69.9 Å². The van der Waals surface area contributed by atoms with Crippen LogP contribution in [0.1, 0.15) is 193 Å². The number of fused-ring (bicyclic) bond motifs is 4. The molecule has 0 spiro atoms. The molecule has 7 heterocycles. The molecule has 2 atom stereocenters. The second-order valence-electron chi connectivity index (χ2n) is 25.5. The fraction of sp³-hybridized carbons (Fsp3) is 0.600. The van der Waals surface area contributed by atoms with Crippen molar-refractivity contribution < 1.29 is 45.3 Å². The normalized spacial score (nSPS) is 36.5. The smallest absolute Gasteiger partial charge is 0.387 e. The number of benzene rings is 4. The molecule has 424 valence electrons. The Morgan fingerprint density at radius 2 is 0.342 bits per heavy atom. The van der Waals surface area contributed by atoms with E-state index in [1.165, 1.54) is 25.7 Å². The monoisotopic (exact) mass is 1210 g/mol. The zero-order valence-electron chi connectivity index (χ0n) is 46.7. The lowest BCUT2D eigenvalue weighted by molar-refractivity contribution is -0.0118. The highest BCUT2D eigenvalue weighted by atomic mass is 28.6. The highest BCUT2D eigenvalue weighted by molar-refractivity contribution is 7.09. The van der Waals surface area contributed by atoms with Crippen LogP contribution in [0.2, 0.25) is 33.2 Å². The molecule has 0 aromatic heterocycles. The first-order chi connectivity index (χ1) is 38.8. The molecule has 7 saturated heterocycles. The van der Waals surface area contributed by atoms with Gasteiger partial charge in [0.15, 0.2) is 0 Å². The van der Waals surface area contributed by atoms with Crippen LogP contribution in [0.5, 0.6) is 0 Å². The summed E-state index contributed by atoms with van der Waals surface area (Å²) in [5.41, 5.74) is -0.394. The molecule has 7 aliphatic heterocycles. The Balaban J connectivity index is 1.17. The van der Waals surface area contributed by atoms with Crippen LogP contribution in [0.3, 0.4) is 0 Å². The van der Waals surface area contributed by atoms with Gasteiger partial charge in [0.25, 0.3) is 0 Å². The molecule has 19 heteroatoms. The molecule has 79 heavy (non-hydrogen) atoms. The average molecular weight is 1210 g/mol. The second kappa shape index (κ2) is 22.9. The van der Waals surface area contributed by atoms with Gasteiger partial charge in [-0.2, -0.15) is 0 Å². The van der Waals surface area contributed by atoms with E-state index in [0.717, 1.165) is 188 Å². The van der Waals surface area contributed by atoms with E-state index in [1.807, 2.05) is 0 Å². The second-order valence-corrected chi connectivity index (χ2v) is 51.3. The summed E-state index contributed by atoms with van der Waals surface area (Å²) in [6, 6.07) is 44.0. The Morgan fingerprint density at radius 1 is 0.190 bits per heavy atom. The van der Waals surface area contributed by atoms with E-state index in [4.69, 9.17) is 45.3 Å². The zero-order chi connectivity index (χ0) is 52.9. The van der Waals surface area contributed by atoms with Gasteiger partial charge in [0.05, 0.1) is 0 Å². The molecule has 13 fully saturated rings. The minimum Gasteiger partial charge on any atom is -0.387 e. The van der Waals surface area contributed by atoms with Crippen molar-refractivity contribution in [3.05, 3.63) is 121 Å². The summed E-state index contributed by atoms with van der Waals surface area (Å²) in [6.45, 7) is 0. The molecular weight excluding hydrogens is 1120 g/mol. The molecule has 11 nitrogen and oxygen atoms in total. The molecule has 4 aromatic rings. The zero-order valence-corrected chi connectivity index (χ0v) is 54.7. The Hall–Kier alpha value is -1.82. The van der Waals surface area contributed by atoms with Gasteiger partial charge < -0.3 is 45.3 Å². The van der Waals surface area contributed by atoms with Crippen LogP contribution in [-0.2, 0) is 45.3 Å². The van der Waals surface area contributed by atoms with Gasteiger partial charge in [0.1, 0.15) is 0 Å². The van der Waals surface area contributed by atoms with Gasteiger partial charge in [-0.25, -0.2) is 0 Å². The molecule has 6 aliphatic carbocycles. The molecule has 17 rings (SSSR count). The highest BCUT2D eigenvalue weighted by Crippen LogP contribution is 2.62. The van der Waals surface area contributed by atoms with Gasteiger partial charge >= 0.3 is 69.9 Å². The SMILES string of the molecule is c1ccc([Si]2(c3ccccc3)O[Si]3(C4CCCCC4)O[Si]4(C5CCCCC5)O[Si](c5ccccc5)(c5ccccc5)O[Si]5(C6CCCCC6)O[Si](C6CCCCC6)(O4)O[Si](C4CCCCC4)(O2)O[Si](C2CCCCC2)(O3)O5)cc1. The van der Waals surface area contributed by atoms with E-state index >= 15 is 0 Å². The Bertz CT molecular complexity index is 2390. The third kappa shape index (κ3) is 10.1. The number of hydrogen-bond donors (Lipinski definition) is 0. The minimum absolute atomic E-state index is 0.0554. The first kappa shape index (κ1) is 55.1. The van der Waals surface area contributed by atoms with Crippen molar-refractivity contribution in [3.63, 3.8) is 0 Å². The van der Waals surface area contributed by atoms with Crippen molar-refractivity contribution in [3.8, 4) is 0 Å². The van der Waals surface area contributed by atoms with Gasteiger partial charge in [-0.3, -0.25) is 0 Å². The standard InChI is InChI=1S/C60H86O11Si8/c1-11-31-51(32-12-1)72(52-33-13-2-14-34-52)61-74(55-39-19-5-20-40-55)65-75(56-41-21-6-22-42-56)62-73(53-35-15-3-16-36-53,54-37-17-4-18-38-54)64-77(58-45-25-8-26-46-58)69-79(67-75,60-49-29-10-30-50-60)70-76(63-72,57-43-23-7-24-44-57)68-78(66-74,71-77)59-47-27-9-28-48-59/h1-4,11-18,31-38,55-60H,5-10,19-30,39-50H2. The van der Waals surface area contributed by atoms with Crippen molar-refractivity contribution in [1.29, 1.82) is 0 Å². The average Bonchev–Trinajstić information content (AvgIpc) is 3.53. The maximum absolute atomic E-state index is 9.11. The van der Waals surface area contributed by atoms with E-state index in [2.05, 4.69) is 121 Å². The summed E-state index contributed by atoms with van der Waals surface area (Å²) < 4.78 is 99.2. The molecule has 2 unspecified atom stereocenters. The van der Waals surface area contributed by atoms with Crippen LogP contribution >= 0.6 is 0 Å². The molecule has 0 N–H and O–H groups in total. The van der Waals surface area contributed by atoms with Crippen molar-refractivity contribution >= 4 is 90.7 Å². The van der Waals surface area contributed by atoms with Gasteiger partial charge in [0.2, 0.25) is 0 Å². The van der Waals surface area contributed by atoms with Crippen molar-refractivity contribution in [1.82, 2.24) is 0 Å². The molecule has 0 radical (unpaired) electrons. The Labute approximate surface area is 480 Å². The fourth-order valence-electron chi connectivity index (χ4n) is 16.3. The Morgan fingerprint density at radius 3 is 0.506 bits per heavy atom. The van der Waals surface area contributed by atoms with Gasteiger partial charge in [-0.15, -0.1) is 0 Å².